The molecule has 4 nitrogen and oxygen atoms in total. The molecule has 6 heteroatoms. The number of hydrogen-bond donors (Lipinski definition) is 0. The summed E-state index contributed by atoms with van der Waals surface area (Å²) in [6, 6.07) is 28.0. The maximum Gasteiger partial charge on any atom is 0.387 e. The van der Waals surface area contributed by atoms with Crippen molar-refractivity contribution in [2.45, 2.75) is 78.1 Å². The SMILES string of the molecule is CCCCn1c(-c2ccccc2)nc(-c2ccccc2)c1CN(CCC1=CCCCC1)Cc1ccc(OC(F)F)cc1. The van der Waals surface area contributed by atoms with E-state index in [1.807, 2.05) is 24.3 Å². The van der Waals surface area contributed by atoms with Gasteiger partial charge in [0.2, 0.25) is 0 Å². The first kappa shape index (κ1) is 29.7. The van der Waals surface area contributed by atoms with Crippen LogP contribution in [0.1, 0.15) is 63.1 Å². The Morgan fingerprint density at radius 1 is 0.881 bits per heavy atom. The van der Waals surface area contributed by atoms with Crippen LogP contribution in [0, 0.1) is 0 Å². The van der Waals surface area contributed by atoms with Crippen molar-refractivity contribution in [1.82, 2.24) is 14.5 Å². The van der Waals surface area contributed by atoms with Gasteiger partial charge in [-0.2, -0.15) is 8.78 Å². The lowest BCUT2D eigenvalue weighted by molar-refractivity contribution is -0.0498. The zero-order valence-corrected chi connectivity index (χ0v) is 24.5. The van der Waals surface area contributed by atoms with Crippen molar-refractivity contribution in [3.8, 4) is 28.4 Å². The van der Waals surface area contributed by atoms with Crippen molar-refractivity contribution in [3.63, 3.8) is 0 Å². The molecule has 1 heterocycles. The molecule has 0 N–H and O–H groups in total. The standard InChI is InChI=1S/C36H41F2N3O/c1-2-3-24-41-33(34(30-15-9-5-10-16-30)39-35(41)31-17-11-6-12-18-31)27-40(25-23-28-13-7-4-8-14-28)26-29-19-21-32(22-20-29)42-36(37)38/h5-6,9-13,15-22,36H,2-4,7-8,14,23-27H2,1H3. The Bertz CT molecular complexity index is 1420. The molecule has 220 valence electrons. The summed E-state index contributed by atoms with van der Waals surface area (Å²) in [6.07, 6.45) is 10.5. The molecule has 0 spiro atoms. The number of rotatable bonds is 14. The van der Waals surface area contributed by atoms with Gasteiger partial charge in [0, 0.05) is 37.3 Å². The molecule has 0 aliphatic heterocycles. The first-order valence-electron chi connectivity index (χ1n) is 15.2. The number of benzene rings is 3. The number of imidazole rings is 1. The van der Waals surface area contributed by atoms with E-state index < -0.39 is 6.61 Å². The van der Waals surface area contributed by atoms with Crippen molar-refractivity contribution in [3.05, 3.63) is 108 Å². The summed E-state index contributed by atoms with van der Waals surface area (Å²) in [5.74, 6) is 1.19. The van der Waals surface area contributed by atoms with Crippen LogP contribution in [0.15, 0.2) is 96.6 Å². The van der Waals surface area contributed by atoms with Gasteiger partial charge in [0.25, 0.3) is 0 Å². The largest absolute Gasteiger partial charge is 0.435 e. The topological polar surface area (TPSA) is 30.3 Å². The van der Waals surface area contributed by atoms with Gasteiger partial charge in [-0.15, -0.1) is 0 Å². The van der Waals surface area contributed by atoms with Gasteiger partial charge < -0.3 is 9.30 Å². The van der Waals surface area contributed by atoms with Crippen LogP contribution in [0.3, 0.4) is 0 Å². The van der Waals surface area contributed by atoms with E-state index in [4.69, 9.17) is 4.98 Å². The molecule has 0 unspecified atom stereocenters. The van der Waals surface area contributed by atoms with Crippen LogP contribution >= 0.6 is 0 Å². The molecule has 0 fully saturated rings. The minimum Gasteiger partial charge on any atom is -0.435 e. The third-order valence-corrected chi connectivity index (χ3v) is 7.95. The van der Waals surface area contributed by atoms with E-state index in [0.29, 0.717) is 6.54 Å². The highest BCUT2D eigenvalue weighted by atomic mass is 19.3. The number of halogens is 2. The van der Waals surface area contributed by atoms with E-state index >= 15 is 0 Å². The van der Waals surface area contributed by atoms with E-state index in [9.17, 15) is 8.78 Å². The second-order valence-corrected chi connectivity index (χ2v) is 11.1. The first-order chi connectivity index (χ1) is 20.6. The van der Waals surface area contributed by atoms with Crippen molar-refractivity contribution in [2.24, 2.45) is 0 Å². The molecule has 0 saturated heterocycles. The highest BCUT2D eigenvalue weighted by molar-refractivity contribution is 5.68. The molecule has 4 aromatic rings. The Labute approximate surface area is 248 Å². The average molecular weight is 570 g/mol. The van der Waals surface area contributed by atoms with Crippen LogP contribution in [0.25, 0.3) is 22.6 Å². The quantitative estimate of drug-likeness (QED) is 0.142. The fourth-order valence-electron chi connectivity index (χ4n) is 5.73. The molecule has 0 amide bonds. The summed E-state index contributed by atoms with van der Waals surface area (Å²) in [6.45, 7) is 2.65. The van der Waals surface area contributed by atoms with Crippen LogP contribution in [0.4, 0.5) is 8.78 Å². The van der Waals surface area contributed by atoms with Crippen molar-refractivity contribution < 1.29 is 13.5 Å². The van der Waals surface area contributed by atoms with Gasteiger partial charge in [-0.1, -0.05) is 97.8 Å². The summed E-state index contributed by atoms with van der Waals surface area (Å²) in [5, 5.41) is 0. The predicted octanol–water partition coefficient (Wildman–Crippen LogP) is 9.51. The summed E-state index contributed by atoms with van der Waals surface area (Å²) >= 11 is 0. The van der Waals surface area contributed by atoms with Crippen molar-refractivity contribution >= 4 is 0 Å². The van der Waals surface area contributed by atoms with E-state index in [2.05, 4.69) is 75.7 Å². The summed E-state index contributed by atoms with van der Waals surface area (Å²) < 4.78 is 32.5. The lowest BCUT2D eigenvalue weighted by atomic mass is 9.97. The van der Waals surface area contributed by atoms with Gasteiger partial charge in [-0.25, -0.2) is 4.98 Å². The van der Waals surface area contributed by atoms with Gasteiger partial charge in [0.1, 0.15) is 11.6 Å². The Morgan fingerprint density at radius 2 is 1.60 bits per heavy atom. The summed E-state index contributed by atoms with van der Waals surface area (Å²) in [7, 11) is 0. The van der Waals surface area contributed by atoms with Gasteiger partial charge >= 0.3 is 6.61 Å². The average Bonchev–Trinajstić information content (AvgIpc) is 3.38. The molecule has 0 radical (unpaired) electrons. The highest BCUT2D eigenvalue weighted by Crippen LogP contribution is 2.32. The molecule has 0 atom stereocenters. The Kier molecular flexibility index (Phi) is 10.6. The van der Waals surface area contributed by atoms with Crippen LogP contribution < -0.4 is 4.74 Å². The fraction of sp³-hybridized carbons (Fsp3) is 0.361. The molecule has 42 heavy (non-hydrogen) atoms. The Balaban J connectivity index is 1.52. The van der Waals surface area contributed by atoms with E-state index in [0.717, 1.165) is 67.1 Å². The maximum atomic E-state index is 12.7. The predicted molar refractivity (Wildman–Crippen MR) is 166 cm³/mol. The van der Waals surface area contributed by atoms with Crippen LogP contribution in [-0.2, 0) is 19.6 Å². The molecule has 0 bridgehead atoms. The van der Waals surface area contributed by atoms with Crippen molar-refractivity contribution in [1.29, 1.82) is 0 Å². The zero-order chi connectivity index (χ0) is 29.1. The number of aromatic nitrogens is 2. The smallest absolute Gasteiger partial charge is 0.387 e. The molecule has 1 aromatic heterocycles. The van der Waals surface area contributed by atoms with Crippen LogP contribution in [-0.4, -0.2) is 27.6 Å². The number of nitrogens with zero attached hydrogens (tertiary/aromatic N) is 3. The highest BCUT2D eigenvalue weighted by Gasteiger charge is 2.22. The maximum absolute atomic E-state index is 12.7. The first-order valence-corrected chi connectivity index (χ1v) is 15.2. The number of alkyl halides is 2. The Hall–Kier alpha value is -3.77. The van der Waals surface area contributed by atoms with E-state index in [-0.39, 0.29) is 5.75 Å². The fourth-order valence-corrected chi connectivity index (χ4v) is 5.73. The third kappa shape index (κ3) is 7.95. The molecule has 0 saturated carbocycles. The number of unbranched alkanes of at least 4 members (excludes halogenated alkanes) is 1. The minimum atomic E-state index is -2.82. The normalized spacial score (nSPS) is 13.5. The second kappa shape index (κ2) is 14.9. The zero-order valence-electron chi connectivity index (χ0n) is 24.5. The Morgan fingerprint density at radius 3 is 2.24 bits per heavy atom. The number of allylic oxidation sites excluding steroid dienone is 1. The molecular formula is C36H41F2N3O. The van der Waals surface area contributed by atoms with Gasteiger partial charge in [0.15, 0.2) is 0 Å². The second-order valence-electron chi connectivity index (χ2n) is 11.1. The lowest BCUT2D eigenvalue weighted by Gasteiger charge is -2.25. The van der Waals surface area contributed by atoms with Gasteiger partial charge in [-0.3, -0.25) is 4.90 Å². The molecular weight excluding hydrogens is 528 g/mol. The monoisotopic (exact) mass is 569 g/mol. The molecule has 3 aromatic carbocycles. The molecule has 1 aliphatic rings. The molecule has 5 rings (SSSR count). The van der Waals surface area contributed by atoms with Crippen molar-refractivity contribution in [2.75, 3.05) is 6.54 Å². The summed E-state index contributed by atoms with van der Waals surface area (Å²) in [4.78, 5) is 7.78. The van der Waals surface area contributed by atoms with E-state index in [1.165, 1.54) is 31.4 Å². The van der Waals surface area contributed by atoms with Crippen LogP contribution in [0.5, 0.6) is 5.75 Å². The minimum absolute atomic E-state index is 0.184. The van der Waals surface area contributed by atoms with E-state index in [1.54, 1.807) is 17.7 Å². The van der Waals surface area contributed by atoms with Crippen LogP contribution in [0.2, 0.25) is 0 Å². The summed E-state index contributed by atoms with van der Waals surface area (Å²) in [5.41, 5.74) is 7.07. The third-order valence-electron chi connectivity index (χ3n) is 7.95. The van der Waals surface area contributed by atoms with Gasteiger partial charge in [-0.05, 0) is 56.2 Å². The number of hydrogen-bond acceptors (Lipinski definition) is 3. The number of ether oxygens (including phenoxy) is 1. The van der Waals surface area contributed by atoms with Gasteiger partial charge in [0.05, 0.1) is 11.4 Å². The molecule has 1 aliphatic carbocycles. The lowest BCUT2D eigenvalue weighted by Crippen LogP contribution is -2.26.